The molecule has 0 saturated heterocycles. The van der Waals surface area contributed by atoms with Crippen molar-refractivity contribution < 1.29 is 14.3 Å². The predicted molar refractivity (Wildman–Crippen MR) is 71.7 cm³/mol. The van der Waals surface area contributed by atoms with Crippen molar-refractivity contribution in [3.8, 4) is 17.2 Å². The quantitative estimate of drug-likeness (QED) is 0.926. The van der Waals surface area contributed by atoms with Crippen molar-refractivity contribution in [3.05, 3.63) is 48.0 Å². The van der Waals surface area contributed by atoms with Crippen LogP contribution in [-0.2, 0) is 0 Å². The van der Waals surface area contributed by atoms with E-state index < -0.39 is 12.0 Å². The molecule has 0 radical (unpaired) electrons. The van der Waals surface area contributed by atoms with Crippen LogP contribution in [0, 0.1) is 17.1 Å². The molecule has 0 bridgehead atoms. The highest BCUT2D eigenvalue weighted by Gasteiger charge is 2.21. The normalized spacial score (nSPS) is 11.8. The van der Waals surface area contributed by atoms with Gasteiger partial charge in [-0.3, -0.25) is 0 Å². The van der Waals surface area contributed by atoms with Crippen LogP contribution in [0.3, 0.4) is 0 Å². The molecule has 4 nitrogen and oxygen atoms in total. The molecule has 2 rings (SSSR count). The van der Waals surface area contributed by atoms with E-state index in [1.54, 1.807) is 12.3 Å². The number of nitrogens with zero attached hydrogens (tertiary/aromatic N) is 2. The van der Waals surface area contributed by atoms with Crippen LogP contribution in [0.1, 0.15) is 29.9 Å². The van der Waals surface area contributed by atoms with Gasteiger partial charge in [0.05, 0.1) is 6.07 Å². The number of benzene rings is 1. The van der Waals surface area contributed by atoms with E-state index in [2.05, 4.69) is 6.07 Å². The lowest BCUT2D eigenvalue weighted by Gasteiger charge is -2.12. The zero-order valence-corrected chi connectivity index (χ0v) is 10.9. The number of halogens is 1. The van der Waals surface area contributed by atoms with Crippen LogP contribution in [0.5, 0.6) is 0 Å². The average Bonchev–Trinajstić information content (AvgIpc) is 2.86. The molecule has 0 aliphatic heterocycles. The predicted octanol–water partition coefficient (Wildman–Crippen LogP) is 3.47. The molecule has 0 aliphatic rings. The van der Waals surface area contributed by atoms with E-state index in [1.807, 2.05) is 6.92 Å². The third-order valence-corrected chi connectivity index (χ3v) is 3.14. The number of carboxylic acids is 1. The van der Waals surface area contributed by atoms with Crippen molar-refractivity contribution in [2.24, 2.45) is 0 Å². The lowest BCUT2D eigenvalue weighted by Crippen LogP contribution is -2.13. The number of aromatic carboxylic acids is 1. The average molecular weight is 272 g/mol. The fourth-order valence-corrected chi connectivity index (χ4v) is 2.15. The molecule has 0 fully saturated rings. The minimum atomic E-state index is -1.11. The first-order chi connectivity index (χ1) is 9.58. The zero-order valence-electron chi connectivity index (χ0n) is 10.9. The summed E-state index contributed by atoms with van der Waals surface area (Å²) >= 11 is 0. The molecule has 1 aromatic carbocycles. The summed E-state index contributed by atoms with van der Waals surface area (Å²) < 4.78 is 14.4. The summed E-state index contributed by atoms with van der Waals surface area (Å²) in [7, 11) is 0. The van der Waals surface area contributed by atoms with Gasteiger partial charge >= 0.3 is 5.97 Å². The maximum absolute atomic E-state index is 12.9. The Kier molecular flexibility index (Phi) is 3.85. The number of nitriles is 1. The van der Waals surface area contributed by atoms with Crippen LogP contribution in [0.4, 0.5) is 4.39 Å². The van der Waals surface area contributed by atoms with E-state index in [0.717, 1.165) is 0 Å². The van der Waals surface area contributed by atoms with Gasteiger partial charge in [0.2, 0.25) is 0 Å². The minimum absolute atomic E-state index is 0.0463. The Morgan fingerprint density at radius 3 is 2.55 bits per heavy atom. The zero-order chi connectivity index (χ0) is 14.7. The smallest absolute Gasteiger partial charge is 0.353 e. The van der Waals surface area contributed by atoms with Gasteiger partial charge in [0.25, 0.3) is 0 Å². The van der Waals surface area contributed by atoms with Gasteiger partial charge in [-0.05, 0) is 30.2 Å². The number of hydrogen-bond acceptors (Lipinski definition) is 2. The van der Waals surface area contributed by atoms with Crippen molar-refractivity contribution in [2.45, 2.75) is 19.4 Å². The maximum atomic E-state index is 12.9. The van der Waals surface area contributed by atoms with E-state index >= 15 is 0 Å². The lowest BCUT2D eigenvalue weighted by molar-refractivity contribution is 0.0685. The molecule has 1 heterocycles. The highest BCUT2D eigenvalue weighted by atomic mass is 19.1. The van der Waals surface area contributed by atoms with Crippen molar-refractivity contribution in [3.63, 3.8) is 0 Å². The summed E-state index contributed by atoms with van der Waals surface area (Å²) in [6.45, 7) is 1.82. The third kappa shape index (κ3) is 2.41. The summed E-state index contributed by atoms with van der Waals surface area (Å²) in [5.41, 5.74) is 1.13. The van der Waals surface area contributed by atoms with Crippen molar-refractivity contribution in [2.75, 3.05) is 0 Å². The highest BCUT2D eigenvalue weighted by molar-refractivity contribution is 5.94. The Morgan fingerprint density at radius 2 is 2.05 bits per heavy atom. The summed E-state index contributed by atoms with van der Waals surface area (Å²) in [5.74, 6) is -1.49. The summed E-state index contributed by atoms with van der Waals surface area (Å²) in [6.07, 6.45) is 2.09. The lowest BCUT2D eigenvalue weighted by atomic mass is 10.1. The van der Waals surface area contributed by atoms with Crippen LogP contribution in [-0.4, -0.2) is 15.6 Å². The molecule has 1 aromatic heterocycles. The van der Waals surface area contributed by atoms with Crippen molar-refractivity contribution in [1.29, 1.82) is 5.26 Å². The second-order valence-corrected chi connectivity index (χ2v) is 4.35. The van der Waals surface area contributed by atoms with Crippen LogP contribution >= 0.6 is 0 Å². The van der Waals surface area contributed by atoms with Crippen LogP contribution in [0.2, 0.25) is 0 Å². The number of rotatable bonds is 4. The monoisotopic (exact) mass is 272 g/mol. The Balaban J connectivity index is 2.58. The van der Waals surface area contributed by atoms with Gasteiger partial charge in [0, 0.05) is 11.8 Å². The van der Waals surface area contributed by atoms with Crippen molar-refractivity contribution in [1.82, 2.24) is 4.57 Å². The van der Waals surface area contributed by atoms with E-state index in [0.29, 0.717) is 17.5 Å². The second-order valence-electron chi connectivity index (χ2n) is 4.35. The van der Waals surface area contributed by atoms with E-state index in [9.17, 15) is 14.3 Å². The fraction of sp³-hybridized carbons (Fsp3) is 0.200. The Bertz CT molecular complexity index is 668. The Morgan fingerprint density at radius 1 is 1.40 bits per heavy atom. The molecule has 0 spiro atoms. The van der Waals surface area contributed by atoms with E-state index in [-0.39, 0.29) is 11.5 Å². The van der Waals surface area contributed by atoms with Gasteiger partial charge in [0.15, 0.2) is 0 Å². The molecule has 102 valence electrons. The fourth-order valence-electron chi connectivity index (χ4n) is 2.15. The van der Waals surface area contributed by atoms with E-state index in [4.69, 9.17) is 5.26 Å². The molecule has 1 atom stereocenters. The summed E-state index contributed by atoms with van der Waals surface area (Å²) in [6, 6.07) is 8.78. The van der Waals surface area contributed by atoms with Crippen LogP contribution in [0.15, 0.2) is 36.5 Å². The first-order valence-electron chi connectivity index (χ1n) is 6.18. The first-order valence-corrected chi connectivity index (χ1v) is 6.18. The molecule has 20 heavy (non-hydrogen) atoms. The second kappa shape index (κ2) is 5.57. The van der Waals surface area contributed by atoms with Gasteiger partial charge in [-0.15, -0.1) is 0 Å². The Hall–Kier alpha value is -2.61. The molecular weight excluding hydrogens is 259 g/mol. The van der Waals surface area contributed by atoms with Gasteiger partial charge in [-0.2, -0.15) is 5.26 Å². The molecular formula is C15H13FN2O2. The van der Waals surface area contributed by atoms with Crippen molar-refractivity contribution >= 4 is 5.97 Å². The van der Waals surface area contributed by atoms with Gasteiger partial charge < -0.3 is 9.67 Å². The molecule has 2 aromatic rings. The van der Waals surface area contributed by atoms with E-state index in [1.165, 1.54) is 28.8 Å². The van der Waals surface area contributed by atoms with Crippen LogP contribution in [0.25, 0.3) is 11.1 Å². The van der Waals surface area contributed by atoms with Gasteiger partial charge in [-0.1, -0.05) is 19.1 Å². The SMILES string of the molecule is CCC(C#N)n1ccc(-c2ccc(F)cc2)c1C(=O)O. The summed E-state index contributed by atoms with van der Waals surface area (Å²) in [5, 5.41) is 18.5. The molecule has 0 saturated carbocycles. The number of hydrogen-bond donors (Lipinski definition) is 1. The Labute approximate surface area is 115 Å². The topological polar surface area (TPSA) is 66.0 Å². The largest absolute Gasteiger partial charge is 0.477 e. The minimum Gasteiger partial charge on any atom is -0.477 e. The third-order valence-electron chi connectivity index (χ3n) is 3.14. The number of carboxylic acid groups (broad SMARTS) is 1. The molecule has 0 amide bonds. The molecule has 1 unspecified atom stereocenters. The number of carbonyl (C=O) groups is 1. The summed E-state index contributed by atoms with van der Waals surface area (Å²) in [4.78, 5) is 11.5. The van der Waals surface area contributed by atoms with Gasteiger partial charge in [0.1, 0.15) is 17.6 Å². The molecule has 5 heteroatoms. The molecule has 1 N–H and O–H groups in total. The maximum Gasteiger partial charge on any atom is 0.353 e. The standard InChI is InChI=1S/C15H13FN2O2/c1-2-12(9-17)18-8-7-13(14(18)15(19)20)10-3-5-11(16)6-4-10/h3-8,12H,2H2,1H3,(H,19,20). The number of aromatic nitrogens is 1. The molecule has 0 aliphatic carbocycles. The first kappa shape index (κ1) is 13.8. The van der Waals surface area contributed by atoms with Gasteiger partial charge in [-0.25, -0.2) is 9.18 Å². The van der Waals surface area contributed by atoms with Crippen LogP contribution < -0.4 is 0 Å². The highest BCUT2D eigenvalue weighted by Crippen LogP contribution is 2.28.